The van der Waals surface area contributed by atoms with Crippen molar-refractivity contribution in [3.63, 3.8) is 0 Å². The van der Waals surface area contributed by atoms with Crippen LogP contribution in [-0.4, -0.2) is 19.9 Å². The van der Waals surface area contributed by atoms with Gasteiger partial charge < -0.3 is 5.32 Å². The quantitative estimate of drug-likeness (QED) is 0.583. The number of pyridine rings is 2. The fourth-order valence-corrected chi connectivity index (χ4v) is 2.64. The van der Waals surface area contributed by atoms with Gasteiger partial charge in [0.2, 0.25) is 0 Å². The molecule has 25 heavy (non-hydrogen) atoms. The lowest BCUT2D eigenvalue weighted by Gasteiger charge is -2.11. The standard InChI is InChI=1S/C18H11ClFN5/c19-11-1-2-14(20)13(9-11)15-10-16(24-12-3-5-21-6-4-12)17-18(25-15)23-8-7-22-17/h1-10H,(H,21,23,24,25). The van der Waals surface area contributed by atoms with Gasteiger partial charge in [0.1, 0.15) is 11.3 Å². The van der Waals surface area contributed by atoms with Crippen LogP contribution in [0.1, 0.15) is 0 Å². The number of benzene rings is 1. The lowest BCUT2D eigenvalue weighted by atomic mass is 10.1. The smallest absolute Gasteiger partial charge is 0.180 e. The topological polar surface area (TPSA) is 63.6 Å². The van der Waals surface area contributed by atoms with E-state index in [0.29, 0.717) is 33.1 Å². The van der Waals surface area contributed by atoms with E-state index in [2.05, 4.69) is 25.3 Å². The van der Waals surface area contributed by atoms with Gasteiger partial charge in [-0.2, -0.15) is 0 Å². The third kappa shape index (κ3) is 3.12. The predicted octanol–water partition coefficient (Wildman–Crippen LogP) is 4.62. The molecule has 0 bridgehead atoms. The summed E-state index contributed by atoms with van der Waals surface area (Å²) in [6.45, 7) is 0. The number of nitrogens with one attached hydrogen (secondary N) is 1. The Morgan fingerprint density at radius 3 is 2.56 bits per heavy atom. The Kier molecular flexibility index (Phi) is 3.95. The van der Waals surface area contributed by atoms with Crippen molar-refractivity contribution in [2.75, 3.05) is 5.32 Å². The van der Waals surface area contributed by atoms with E-state index in [0.717, 1.165) is 5.69 Å². The minimum atomic E-state index is -0.407. The van der Waals surface area contributed by atoms with Crippen molar-refractivity contribution >= 4 is 34.1 Å². The summed E-state index contributed by atoms with van der Waals surface area (Å²) in [7, 11) is 0. The van der Waals surface area contributed by atoms with Crippen molar-refractivity contribution in [1.82, 2.24) is 19.9 Å². The van der Waals surface area contributed by atoms with Gasteiger partial charge in [0.25, 0.3) is 0 Å². The van der Waals surface area contributed by atoms with Crippen LogP contribution >= 0.6 is 11.6 Å². The molecule has 5 nitrogen and oxygen atoms in total. The highest BCUT2D eigenvalue weighted by atomic mass is 35.5. The Morgan fingerprint density at radius 2 is 1.72 bits per heavy atom. The van der Waals surface area contributed by atoms with Gasteiger partial charge in [0, 0.05) is 41.1 Å². The summed E-state index contributed by atoms with van der Waals surface area (Å²) in [6.07, 6.45) is 6.48. The second kappa shape index (κ2) is 6.41. The molecule has 0 spiro atoms. The molecule has 0 atom stereocenters. The normalized spacial score (nSPS) is 10.8. The first kappa shape index (κ1) is 15.4. The molecule has 4 aromatic rings. The number of hydrogen-bond donors (Lipinski definition) is 1. The number of nitrogens with zero attached hydrogens (tertiary/aromatic N) is 4. The van der Waals surface area contributed by atoms with E-state index in [1.54, 1.807) is 30.9 Å². The van der Waals surface area contributed by atoms with Crippen LogP contribution in [0.2, 0.25) is 5.02 Å². The van der Waals surface area contributed by atoms with Crippen LogP contribution in [0.4, 0.5) is 15.8 Å². The average Bonchev–Trinajstić information content (AvgIpc) is 2.64. The number of anilines is 2. The molecule has 0 aliphatic rings. The van der Waals surface area contributed by atoms with Gasteiger partial charge in [-0.15, -0.1) is 0 Å². The van der Waals surface area contributed by atoms with Crippen molar-refractivity contribution in [2.45, 2.75) is 0 Å². The second-order valence-electron chi connectivity index (χ2n) is 5.27. The first-order valence-corrected chi connectivity index (χ1v) is 7.83. The summed E-state index contributed by atoms with van der Waals surface area (Å²) in [6, 6.07) is 9.72. The highest BCUT2D eigenvalue weighted by Crippen LogP contribution is 2.30. The highest BCUT2D eigenvalue weighted by molar-refractivity contribution is 6.30. The van der Waals surface area contributed by atoms with E-state index >= 15 is 0 Å². The third-order valence-corrected chi connectivity index (χ3v) is 3.84. The molecule has 0 saturated heterocycles. The van der Waals surface area contributed by atoms with Crippen LogP contribution in [0.25, 0.3) is 22.4 Å². The van der Waals surface area contributed by atoms with E-state index in [1.165, 1.54) is 18.2 Å². The van der Waals surface area contributed by atoms with Crippen LogP contribution in [0, 0.1) is 5.82 Å². The molecule has 0 fully saturated rings. The molecule has 0 aliphatic heterocycles. The summed E-state index contributed by atoms with van der Waals surface area (Å²) in [4.78, 5) is 17.0. The minimum absolute atomic E-state index is 0.304. The fraction of sp³-hybridized carbons (Fsp3) is 0. The van der Waals surface area contributed by atoms with Gasteiger partial charge in [0.15, 0.2) is 5.65 Å². The van der Waals surface area contributed by atoms with E-state index < -0.39 is 5.82 Å². The van der Waals surface area contributed by atoms with E-state index in [-0.39, 0.29) is 0 Å². The lowest BCUT2D eigenvalue weighted by molar-refractivity contribution is 0.631. The maximum absolute atomic E-state index is 14.3. The van der Waals surface area contributed by atoms with Crippen molar-refractivity contribution in [3.05, 3.63) is 72.0 Å². The molecule has 0 unspecified atom stereocenters. The molecule has 0 radical (unpaired) electrons. The lowest BCUT2D eigenvalue weighted by Crippen LogP contribution is -1.98. The minimum Gasteiger partial charge on any atom is -0.353 e. The molecule has 1 N–H and O–H groups in total. The van der Waals surface area contributed by atoms with Crippen LogP contribution in [-0.2, 0) is 0 Å². The van der Waals surface area contributed by atoms with Gasteiger partial charge in [-0.1, -0.05) is 11.6 Å². The summed E-state index contributed by atoms with van der Waals surface area (Å²) in [5.41, 5.74) is 3.22. The molecule has 122 valence electrons. The Balaban J connectivity index is 1.91. The third-order valence-electron chi connectivity index (χ3n) is 3.61. The predicted molar refractivity (Wildman–Crippen MR) is 95.3 cm³/mol. The Morgan fingerprint density at radius 1 is 0.920 bits per heavy atom. The molecule has 7 heteroatoms. The number of fused-ring (bicyclic) bond motifs is 1. The molecule has 4 rings (SSSR count). The number of aromatic nitrogens is 4. The Bertz CT molecular complexity index is 1060. The Labute approximate surface area is 147 Å². The zero-order chi connectivity index (χ0) is 17.2. The summed E-state index contributed by atoms with van der Waals surface area (Å²) in [5.74, 6) is -0.407. The molecule has 0 saturated carbocycles. The van der Waals surface area contributed by atoms with Gasteiger partial charge in [-0.25, -0.2) is 19.3 Å². The van der Waals surface area contributed by atoms with Crippen LogP contribution in [0.15, 0.2) is 61.2 Å². The van der Waals surface area contributed by atoms with Crippen molar-refractivity contribution in [2.24, 2.45) is 0 Å². The number of hydrogen-bond acceptors (Lipinski definition) is 5. The largest absolute Gasteiger partial charge is 0.353 e. The van der Waals surface area contributed by atoms with Crippen molar-refractivity contribution in [1.29, 1.82) is 0 Å². The molecule has 0 amide bonds. The molecule has 3 heterocycles. The molecular formula is C18H11ClFN5. The summed E-state index contributed by atoms with van der Waals surface area (Å²) >= 11 is 6.01. The Hall–Kier alpha value is -3.12. The van der Waals surface area contributed by atoms with Gasteiger partial charge in [-0.05, 0) is 36.4 Å². The molecule has 1 aromatic carbocycles. The monoisotopic (exact) mass is 351 g/mol. The van der Waals surface area contributed by atoms with Gasteiger partial charge in [-0.3, -0.25) is 4.98 Å². The second-order valence-corrected chi connectivity index (χ2v) is 5.71. The van der Waals surface area contributed by atoms with Gasteiger partial charge in [0.05, 0.1) is 11.4 Å². The fourth-order valence-electron chi connectivity index (χ4n) is 2.47. The maximum Gasteiger partial charge on any atom is 0.180 e. The molecular weight excluding hydrogens is 341 g/mol. The summed E-state index contributed by atoms with van der Waals surface area (Å²) < 4.78 is 14.3. The van der Waals surface area contributed by atoms with Crippen LogP contribution < -0.4 is 5.32 Å². The van der Waals surface area contributed by atoms with Crippen LogP contribution in [0.3, 0.4) is 0 Å². The van der Waals surface area contributed by atoms with E-state index in [1.807, 2.05) is 12.1 Å². The molecule has 3 aromatic heterocycles. The van der Waals surface area contributed by atoms with Crippen molar-refractivity contribution in [3.8, 4) is 11.3 Å². The van der Waals surface area contributed by atoms with Gasteiger partial charge >= 0.3 is 0 Å². The van der Waals surface area contributed by atoms with Crippen LogP contribution in [0.5, 0.6) is 0 Å². The number of halogens is 2. The SMILES string of the molecule is Fc1ccc(Cl)cc1-c1cc(Nc2ccncc2)c2nccnc2n1. The average molecular weight is 352 g/mol. The van der Waals surface area contributed by atoms with Crippen molar-refractivity contribution < 1.29 is 4.39 Å². The van der Waals surface area contributed by atoms with E-state index in [4.69, 9.17) is 11.6 Å². The molecule has 0 aliphatic carbocycles. The number of rotatable bonds is 3. The zero-order valence-electron chi connectivity index (χ0n) is 12.8. The highest BCUT2D eigenvalue weighted by Gasteiger charge is 2.13. The first-order valence-electron chi connectivity index (χ1n) is 7.45. The summed E-state index contributed by atoms with van der Waals surface area (Å²) in [5, 5.41) is 3.68. The first-order chi connectivity index (χ1) is 12.2. The van der Waals surface area contributed by atoms with E-state index in [9.17, 15) is 4.39 Å². The maximum atomic E-state index is 14.3. The zero-order valence-corrected chi connectivity index (χ0v) is 13.6.